The minimum absolute atomic E-state index is 0.587. The number of rotatable bonds is 9. The Morgan fingerprint density at radius 2 is 0.971 bits per heavy atom. The van der Waals surface area contributed by atoms with E-state index in [4.69, 9.17) is 22.9 Å². The van der Waals surface area contributed by atoms with Crippen LogP contribution >= 0.6 is 0 Å². The van der Waals surface area contributed by atoms with Gasteiger partial charge in [0.25, 0.3) is 0 Å². The van der Waals surface area contributed by atoms with E-state index in [-0.39, 0.29) is 0 Å². The molecular formula is C26H30N8. The molecule has 0 saturated heterocycles. The third kappa shape index (κ3) is 5.95. The van der Waals surface area contributed by atoms with Gasteiger partial charge in [-0.15, -0.1) is 0 Å². The second-order valence-electron chi connectivity index (χ2n) is 8.03. The normalized spacial score (nSPS) is 10.5. The van der Waals surface area contributed by atoms with Gasteiger partial charge in [-0.1, -0.05) is 6.07 Å². The summed E-state index contributed by atoms with van der Waals surface area (Å²) >= 11 is 0. The Balaban J connectivity index is 1.29. The van der Waals surface area contributed by atoms with Gasteiger partial charge in [-0.25, -0.2) is 0 Å². The molecule has 174 valence electrons. The molecule has 0 aromatic heterocycles. The van der Waals surface area contributed by atoms with Crippen LogP contribution in [0.1, 0.15) is 11.1 Å². The summed E-state index contributed by atoms with van der Waals surface area (Å²) < 4.78 is 0. The van der Waals surface area contributed by atoms with Crippen molar-refractivity contribution in [1.82, 2.24) is 0 Å². The molecule has 12 N–H and O–H groups in total. The molecule has 0 spiro atoms. The number of anilines is 8. The highest BCUT2D eigenvalue weighted by Crippen LogP contribution is 2.21. The maximum Gasteiger partial charge on any atom is 0.0560 e. The van der Waals surface area contributed by atoms with Crippen LogP contribution in [-0.2, 0) is 13.1 Å². The Labute approximate surface area is 199 Å². The van der Waals surface area contributed by atoms with E-state index >= 15 is 0 Å². The molecule has 4 aromatic carbocycles. The Morgan fingerprint density at radius 1 is 0.471 bits per heavy atom. The van der Waals surface area contributed by atoms with Gasteiger partial charge in [0.15, 0.2) is 0 Å². The number of benzene rings is 4. The van der Waals surface area contributed by atoms with Crippen molar-refractivity contribution >= 4 is 45.5 Å². The lowest BCUT2D eigenvalue weighted by atomic mass is 10.1. The molecule has 0 aliphatic rings. The van der Waals surface area contributed by atoms with E-state index in [0.717, 1.165) is 39.6 Å². The third-order valence-electron chi connectivity index (χ3n) is 5.40. The van der Waals surface area contributed by atoms with Gasteiger partial charge in [-0.3, -0.25) is 0 Å². The average Bonchev–Trinajstić information content (AvgIpc) is 2.85. The van der Waals surface area contributed by atoms with Gasteiger partial charge in [0, 0.05) is 47.2 Å². The highest BCUT2D eigenvalue weighted by atomic mass is 15.4. The molecular weight excluding hydrogens is 424 g/mol. The molecule has 0 heterocycles. The van der Waals surface area contributed by atoms with Crippen molar-refractivity contribution in [1.29, 1.82) is 0 Å². The van der Waals surface area contributed by atoms with Crippen LogP contribution in [0.3, 0.4) is 0 Å². The van der Waals surface area contributed by atoms with E-state index in [1.165, 1.54) is 0 Å². The Kier molecular flexibility index (Phi) is 6.78. The maximum atomic E-state index is 6.03. The van der Waals surface area contributed by atoms with Crippen LogP contribution in [-0.4, -0.2) is 0 Å². The highest BCUT2D eigenvalue weighted by molar-refractivity contribution is 5.63. The second kappa shape index (κ2) is 10.3. The Bertz CT molecular complexity index is 1250. The first-order valence-corrected chi connectivity index (χ1v) is 10.9. The third-order valence-corrected chi connectivity index (χ3v) is 5.40. The van der Waals surface area contributed by atoms with E-state index in [1.54, 1.807) is 12.1 Å². The SMILES string of the molecule is Nc1ccc(N)c(CNc2ccc(NNc3cccc(NCc4cc(N)ccc4N)c3)cc2)c1. The Morgan fingerprint density at radius 3 is 1.59 bits per heavy atom. The summed E-state index contributed by atoms with van der Waals surface area (Å²) in [6.07, 6.45) is 0. The summed E-state index contributed by atoms with van der Waals surface area (Å²) in [7, 11) is 0. The maximum absolute atomic E-state index is 6.03. The van der Waals surface area contributed by atoms with Crippen molar-refractivity contribution < 1.29 is 0 Å². The summed E-state index contributed by atoms with van der Waals surface area (Å²) in [6.45, 7) is 1.19. The molecule has 8 nitrogen and oxygen atoms in total. The summed E-state index contributed by atoms with van der Waals surface area (Å²) in [5.74, 6) is 0. The number of nitrogens with one attached hydrogen (secondary N) is 4. The van der Waals surface area contributed by atoms with Gasteiger partial charge in [0.05, 0.1) is 11.4 Å². The lowest BCUT2D eigenvalue weighted by molar-refractivity contribution is 1.15. The quantitative estimate of drug-likeness (QED) is 0.134. The van der Waals surface area contributed by atoms with E-state index in [9.17, 15) is 0 Å². The topological polar surface area (TPSA) is 152 Å². The van der Waals surface area contributed by atoms with Crippen LogP contribution in [0, 0.1) is 0 Å². The number of hydrazine groups is 1. The summed E-state index contributed by atoms with van der Waals surface area (Å²) in [6, 6.07) is 27.0. The number of hydrogen-bond donors (Lipinski definition) is 8. The standard InChI is InChI=1S/C26H30N8/c27-19-4-10-25(29)17(12-19)15-31-21-6-8-22(9-7-21)33-34-24-3-1-2-23(14-24)32-16-18-13-20(28)5-11-26(18)30/h1-14,31-34H,15-16,27-30H2. The molecule has 4 aromatic rings. The molecule has 8 heteroatoms. The number of nitrogen functional groups attached to an aromatic ring is 4. The fraction of sp³-hybridized carbons (Fsp3) is 0.0769. The van der Waals surface area contributed by atoms with Crippen LogP contribution in [0.15, 0.2) is 84.9 Å². The lowest BCUT2D eigenvalue weighted by Crippen LogP contribution is -2.09. The van der Waals surface area contributed by atoms with Crippen LogP contribution in [0.5, 0.6) is 0 Å². The predicted octanol–water partition coefficient (Wildman–Crippen LogP) is 4.68. The molecule has 0 radical (unpaired) electrons. The second-order valence-corrected chi connectivity index (χ2v) is 8.03. The van der Waals surface area contributed by atoms with Gasteiger partial charge in [0.1, 0.15) is 0 Å². The molecule has 34 heavy (non-hydrogen) atoms. The van der Waals surface area contributed by atoms with Crippen molar-refractivity contribution in [3.8, 4) is 0 Å². The van der Waals surface area contributed by atoms with Crippen molar-refractivity contribution in [3.05, 3.63) is 96.1 Å². The van der Waals surface area contributed by atoms with Crippen LogP contribution in [0.4, 0.5) is 45.5 Å². The molecule has 0 saturated carbocycles. The molecule has 0 unspecified atom stereocenters. The molecule has 0 amide bonds. The Hall–Kier alpha value is -4.72. The molecule has 0 fully saturated rings. The van der Waals surface area contributed by atoms with Crippen LogP contribution in [0.25, 0.3) is 0 Å². The van der Waals surface area contributed by atoms with E-state index < -0.39 is 0 Å². The minimum Gasteiger partial charge on any atom is -0.399 e. The number of nitrogens with two attached hydrogens (primary N) is 4. The van der Waals surface area contributed by atoms with E-state index in [1.807, 2.05) is 72.8 Å². The van der Waals surface area contributed by atoms with Gasteiger partial charge >= 0.3 is 0 Å². The molecule has 0 bridgehead atoms. The van der Waals surface area contributed by atoms with Crippen LogP contribution < -0.4 is 44.4 Å². The first kappa shape index (κ1) is 22.5. The summed E-state index contributed by atoms with van der Waals surface area (Å²) in [4.78, 5) is 0. The van der Waals surface area contributed by atoms with Gasteiger partial charge in [0.2, 0.25) is 0 Å². The molecule has 0 aliphatic heterocycles. The van der Waals surface area contributed by atoms with Crippen molar-refractivity contribution in [2.24, 2.45) is 0 Å². The summed E-state index contributed by atoms with van der Waals surface area (Å²) in [5, 5.41) is 6.75. The first-order chi connectivity index (χ1) is 16.5. The zero-order valence-corrected chi connectivity index (χ0v) is 18.8. The van der Waals surface area contributed by atoms with E-state index in [0.29, 0.717) is 30.2 Å². The molecule has 0 aliphatic carbocycles. The first-order valence-electron chi connectivity index (χ1n) is 10.9. The van der Waals surface area contributed by atoms with E-state index in [2.05, 4.69) is 21.5 Å². The fourth-order valence-electron chi connectivity index (χ4n) is 3.47. The monoisotopic (exact) mass is 454 g/mol. The van der Waals surface area contributed by atoms with Gasteiger partial charge in [-0.2, -0.15) is 0 Å². The largest absolute Gasteiger partial charge is 0.399 e. The van der Waals surface area contributed by atoms with Crippen molar-refractivity contribution in [2.45, 2.75) is 13.1 Å². The minimum atomic E-state index is 0.587. The van der Waals surface area contributed by atoms with Crippen molar-refractivity contribution in [3.63, 3.8) is 0 Å². The van der Waals surface area contributed by atoms with Crippen molar-refractivity contribution in [2.75, 3.05) is 44.4 Å². The zero-order chi connectivity index (χ0) is 23.9. The lowest BCUT2D eigenvalue weighted by Gasteiger charge is -2.14. The predicted molar refractivity (Wildman–Crippen MR) is 145 cm³/mol. The average molecular weight is 455 g/mol. The molecule has 0 atom stereocenters. The summed E-state index contributed by atoms with van der Waals surface area (Å²) in [5.41, 5.74) is 38.8. The fourth-order valence-corrected chi connectivity index (χ4v) is 3.47. The molecule has 4 rings (SSSR count). The zero-order valence-electron chi connectivity index (χ0n) is 18.8. The van der Waals surface area contributed by atoms with Crippen LogP contribution in [0.2, 0.25) is 0 Å². The van der Waals surface area contributed by atoms with Gasteiger partial charge in [-0.05, 0) is 90.0 Å². The smallest absolute Gasteiger partial charge is 0.0560 e. The highest BCUT2D eigenvalue weighted by Gasteiger charge is 2.03. The van der Waals surface area contributed by atoms with Gasteiger partial charge < -0.3 is 44.4 Å². The number of hydrogen-bond acceptors (Lipinski definition) is 8.